The van der Waals surface area contributed by atoms with Gasteiger partial charge < -0.3 is 5.32 Å². The highest BCUT2D eigenvalue weighted by Gasteiger charge is 2.21. The monoisotopic (exact) mass is 313 g/mol. The fourth-order valence-electron chi connectivity index (χ4n) is 1.58. The molecule has 1 aromatic heterocycles. The Morgan fingerprint density at radius 2 is 2.05 bits per heavy atom. The number of nitrogens with one attached hydrogen (secondary N) is 2. The van der Waals surface area contributed by atoms with Crippen molar-refractivity contribution in [1.29, 1.82) is 0 Å². The van der Waals surface area contributed by atoms with Gasteiger partial charge in [0.05, 0.1) is 15.5 Å². The summed E-state index contributed by atoms with van der Waals surface area (Å²) in [6.07, 6.45) is 0. The van der Waals surface area contributed by atoms with E-state index in [1.165, 1.54) is 30.5 Å². The molecule has 2 N–H and O–H groups in total. The van der Waals surface area contributed by atoms with E-state index in [4.69, 9.17) is 0 Å². The molecule has 0 aliphatic rings. The molecule has 0 saturated carbocycles. The molecule has 1 aromatic carbocycles. The third-order valence-electron chi connectivity index (χ3n) is 2.52. The van der Waals surface area contributed by atoms with Crippen molar-refractivity contribution in [2.45, 2.75) is 4.90 Å². The molecule has 0 aliphatic heterocycles. The van der Waals surface area contributed by atoms with Crippen LogP contribution in [-0.4, -0.2) is 20.4 Å². The summed E-state index contributed by atoms with van der Waals surface area (Å²) in [6.45, 7) is 0. The summed E-state index contributed by atoms with van der Waals surface area (Å²) in [5, 5.41) is 16.9. The number of nitro groups is 1. The fraction of sp³-hybridized carbons (Fsp3) is 0.0909. The van der Waals surface area contributed by atoms with Gasteiger partial charge >= 0.3 is 0 Å². The summed E-state index contributed by atoms with van der Waals surface area (Å²) in [4.78, 5) is 10.1. The lowest BCUT2D eigenvalue weighted by Crippen LogP contribution is -2.13. The van der Waals surface area contributed by atoms with Gasteiger partial charge in [-0.15, -0.1) is 0 Å². The summed E-state index contributed by atoms with van der Waals surface area (Å²) in [5.41, 5.74) is 0.389. The molecule has 7 nitrogen and oxygen atoms in total. The minimum atomic E-state index is -3.84. The highest BCUT2D eigenvalue weighted by molar-refractivity contribution is 7.92. The zero-order valence-corrected chi connectivity index (χ0v) is 12.0. The summed E-state index contributed by atoms with van der Waals surface area (Å²) >= 11 is 1.34. The van der Waals surface area contributed by atoms with Crippen LogP contribution in [0.5, 0.6) is 0 Å². The van der Waals surface area contributed by atoms with Crippen LogP contribution in [0.25, 0.3) is 0 Å². The second-order valence-corrected chi connectivity index (χ2v) is 6.27. The summed E-state index contributed by atoms with van der Waals surface area (Å²) in [7, 11) is -2.31. The number of sulfonamides is 1. The van der Waals surface area contributed by atoms with Gasteiger partial charge in [-0.3, -0.25) is 14.8 Å². The van der Waals surface area contributed by atoms with Crippen LogP contribution in [0, 0.1) is 10.1 Å². The molecule has 0 saturated heterocycles. The molecule has 0 bridgehead atoms. The predicted octanol–water partition coefficient (Wildman–Crippen LogP) is 2.50. The predicted molar refractivity (Wildman–Crippen MR) is 77.8 cm³/mol. The minimum Gasteiger partial charge on any atom is -0.383 e. The van der Waals surface area contributed by atoms with Crippen molar-refractivity contribution < 1.29 is 13.3 Å². The van der Waals surface area contributed by atoms with Gasteiger partial charge in [0.25, 0.3) is 15.7 Å². The van der Waals surface area contributed by atoms with Crippen LogP contribution in [0.1, 0.15) is 0 Å². The van der Waals surface area contributed by atoms with Crippen LogP contribution in [-0.2, 0) is 10.0 Å². The average Bonchev–Trinajstić information content (AvgIpc) is 2.89. The maximum absolute atomic E-state index is 12.1. The van der Waals surface area contributed by atoms with Crippen molar-refractivity contribution in [1.82, 2.24) is 0 Å². The highest BCUT2D eigenvalue weighted by atomic mass is 32.2. The Hall–Kier alpha value is -2.13. The first-order chi connectivity index (χ1) is 9.44. The van der Waals surface area contributed by atoms with Crippen molar-refractivity contribution in [3.63, 3.8) is 0 Å². The lowest BCUT2D eigenvalue weighted by molar-refractivity contribution is -0.384. The van der Waals surface area contributed by atoms with Gasteiger partial charge in [0.1, 0.15) is 5.69 Å². The molecule has 106 valence electrons. The molecule has 0 unspecified atom stereocenters. The SMILES string of the molecule is CNc1ccc(S(=O)(=O)Nc2ccsc2)cc1[N+](=O)[O-]. The summed E-state index contributed by atoms with van der Waals surface area (Å²) in [5.74, 6) is 0. The zero-order valence-electron chi connectivity index (χ0n) is 10.4. The summed E-state index contributed by atoms with van der Waals surface area (Å²) < 4.78 is 26.6. The van der Waals surface area contributed by atoms with Crippen molar-refractivity contribution in [3.8, 4) is 0 Å². The summed E-state index contributed by atoms with van der Waals surface area (Å²) in [6, 6.07) is 5.31. The molecular weight excluding hydrogens is 302 g/mol. The van der Waals surface area contributed by atoms with Gasteiger partial charge in [-0.2, -0.15) is 11.3 Å². The Morgan fingerprint density at radius 3 is 2.60 bits per heavy atom. The molecule has 9 heteroatoms. The van der Waals surface area contributed by atoms with Crippen LogP contribution in [0.2, 0.25) is 0 Å². The number of thiophene rings is 1. The van der Waals surface area contributed by atoms with E-state index in [0.29, 0.717) is 5.69 Å². The molecule has 0 atom stereocenters. The van der Waals surface area contributed by atoms with Gasteiger partial charge in [0.2, 0.25) is 0 Å². The normalized spacial score (nSPS) is 11.1. The molecule has 0 fully saturated rings. The Morgan fingerprint density at radius 1 is 1.30 bits per heavy atom. The van der Waals surface area contributed by atoms with Crippen LogP contribution in [0.4, 0.5) is 17.1 Å². The Labute approximate surface area is 119 Å². The average molecular weight is 313 g/mol. The van der Waals surface area contributed by atoms with Gasteiger partial charge in [-0.1, -0.05) is 0 Å². The molecule has 0 amide bonds. The van der Waals surface area contributed by atoms with E-state index < -0.39 is 14.9 Å². The standard InChI is InChI=1S/C11H11N3O4S2/c1-12-10-3-2-9(6-11(10)14(15)16)20(17,18)13-8-4-5-19-7-8/h2-7,12-13H,1H3. The fourth-order valence-corrected chi connectivity index (χ4v) is 3.31. The van der Waals surface area contributed by atoms with Gasteiger partial charge in [-0.05, 0) is 23.6 Å². The number of hydrogen-bond donors (Lipinski definition) is 2. The molecule has 1 heterocycles. The second-order valence-electron chi connectivity index (χ2n) is 3.80. The van der Waals surface area contributed by atoms with Crippen LogP contribution < -0.4 is 10.0 Å². The molecule has 0 spiro atoms. The highest BCUT2D eigenvalue weighted by Crippen LogP contribution is 2.28. The third-order valence-corrected chi connectivity index (χ3v) is 4.58. The van der Waals surface area contributed by atoms with Gasteiger partial charge in [-0.25, -0.2) is 8.42 Å². The maximum Gasteiger partial charge on any atom is 0.293 e. The minimum absolute atomic E-state index is 0.158. The van der Waals surface area contributed by atoms with E-state index in [0.717, 1.165) is 6.07 Å². The van der Waals surface area contributed by atoms with Crippen LogP contribution >= 0.6 is 11.3 Å². The lowest BCUT2D eigenvalue weighted by Gasteiger charge is -2.08. The zero-order chi connectivity index (χ0) is 14.8. The third kappa shape index (κ3) is 2.89. The number of nitrogens with zero attached hydrogens (tertiary/aromatic N) is 1. The number of nitro benzene ring substituents is 1. The van der Waals surface area contributed by atoms with Crippen LogP contribution in [0.3, 0.4) is 0 Å². The van der Waals surface area contributed by atoms with E-state index in [1.54, 1.807) is 16.8 Å². The van der Waals surface area contributed by atoms with E-state index in [-0.39, 0.29) is 16.3 Å². The largest absolute Gasteiger partial charge is 0.383 e. The number of benzene rings is 1. The smallest absolute Gasteiger partial charge is 0.293 e. The first-order valence-corrected chi connectivity index (χ1v) is 7.88. The lowest BCUT2D eigenvalue weighted by atomic mass is 10.3. The topological polar surface area (TPSA) is 101 Å². The number of anilines is 2. The quantitative estimate of drug-likeness (QED) is 0.652. The van der Waals surface area contributed by atoms with E-state index in [2.05, 4.69) is 10.0 Å². The van der Waals surface area contributed by atoms with E-state index >= 15 is 0 Å². The van der Waals surface area contributed by atoms with Crippen molar-refractivity contribution >= 4 is 38.4 Å². The first-order valence-electron chi connectivity index (χ1n) is 5.45. The Kier molecular flexibility index (Phi) is 3.91. The van der Waals surface area contributed by atoms with E-state index in [1.807, 2.05) is 0 Å². The van der Waals surface area contributed by atoms with Crippen molar-refractivity contribution in [3.05, 3.63) is 45.1 Å². The van der Waals surface area contributed by atoms with E-state index in [9.17, 15) is 18.5 Å². The van der Waals surface area contributed by atoms with Crippen LogP contribution in [0.15, 0.2) is 39.9 Å². The molecule has 0 radical (unpaired) electrons. The van der Waals surface area contributed by atoms with Gasteiger partial charge in [0, 0.05) is 18.5 Å². The molecule has 2 rings (SSSR count). The van der Waals surface area contributed by atoms with Gasteiger partial charge in [0.15, 0.2) is 0 Å². The second kappa shape index (κ2) is 5.47. The maximum atomic E-state index is 12.1. The molecule has 20 heavy (non-hydrogen) atoms. The first kappa shape index (κ1) is 14.3. The number of rotatable bonds is 5. The Bertz CT molecular complexity index is 726. The number of hydrogen-bond acceptors (Lipinski definition) is 6. The molecule has 2 aromatic rings. The molecule has 0 aliphatic carbocycles. The molecular formula is C11H11N3O4S2. The Balaban J connectivity index is 2.42. The van der Waals surface area contributed by atoms with Crippen molar-refractivity contribution in [2.75, 3.05) is 17.1 Å². The van der Waals surface area contributed by atoms with Crippen molar-refractivity contribution in [2.24, 2.45) is 0 Å².